The van der Waals surface area contributed by atoms with Gasteiger partial charge in [0, 0.05) is 18.9 Å². The molecule has 0 aliphatic heterocycles. The van der Waals surface area contributed by atoms with Crippen LogP contribution in [0.2, 0.25) is 0 Å². The van der Waals surface area contributed by atoms with E-state index in [1.54, 1.807) is 0 Å². The number of benzene rings is 1. The highest BCUT2D eigenvalue weighted by atomic mass is 32.2. The van der Waals surface area contributed by atoms with E-state index in [9.17, 15) is 27.6 Å². The van der Waals surface area contributed by atoms with Crippen molar-refractivity contribution in [3.63, 3.8) is 0 Å². The van der Waals surface area contributed by atoms with Crippen LogP contribution in [0.3, 0.4) is 0 Å². The molecule has 3 N–H and O–H groups in total. The summed E-state index contributed by atoms with van der Waals surface area (Å²) in [6.45, 7) is 0.366. The summed E-state index contributed by atoms with van der Waals surface area (Å²) in [5.41, 5.74) is 1.05. The van der Waals surface area contributed by atoms with E-state index < -0.39 is 35.6 Å². The molecule has 1 aromatic carbocycles. The number of hydrogen-bond donors (Lipinski definition) is 3. The van der Waals surface area contributed by atoms with Gasteiger partial charge in [-0.15, -0.1) is 0 Å². The van der Waals surface area contributed by atoms with Gasteiger partial charge in [0.25, 0.3) is 5.91 Å². The summed E-state index contributed by atoms with van der Waals surface area (Å²) in [6.07, 6.45) is -0.815. The van der Waals surface area contributed by atoms with Crippen molar-refractivity contribution in [1.82, 2.24) is 20.6 Å². The second-order valence-electron chi connectivity index (χ2n) is 6.61. The minimum Gasteiger partial charge on any atom is -0.354 e. The number of H-pyrrole nitrogens is 1. The van der Waals surface area contributed by atoms with E-state index in [2.05, 4.69) is 20.6 Å². The lowest BCUT2D eigenvalue weighted by molar-refractivity contribution is -0.167. The zero-order chi connectivity index (χ0) is 22.7. The number of aromatic nitrogens is 2. The Bertz CT molecular complexity index is 845. The first-order valence-electron chi connectivity index (χ1n) is 9.57. The maximum Gasteiger partial charge on any atom is 0.450 e. The van der Waals surface area contributed by atoms with Crippen molar-refractivity contribution in [2.45, 2.75) is 31.5 Å². The van der Waals surface area contributed by atoms with Crippen LogP contribution in [0.4, 0.5) is 13.2 Å². The summed E-state index contributed by atoms with van der Waals surface area (Å²) < 4.78 is 36.7. The molecule has 1 atom stereocenters. The van der Waals surface area contributed by atoms with Crippen LogP contribution in [-0.2, 0) is 16.0 Å². The lowest BCUT2D eigenvalue weighted by Gasteiger charge is -2.18. The molecule has 2 amide bonds. The number of nitrogens with zero attached hydrogens (tertiary/aromatic N) is 1. The van der Waals surface area contributed by atoms with Crippen LogP contribution in [-0.4, -0.2) is 57.8 Å². The summed E-state index contributed by atoms with van der Waals surface area (Å²) in [5, 5.41) is 5.36. The molecule has 168 valence electrons. The molecule has 0 unspecified atom stereocenters. The third-order valence-electron chi connectivity index (χ3n) is 4.22. The van der Waals surface area contributed by atoms with E-state index in [4.69, 9.17) is 0 Å². The van der Waals surface area contributed by atoms with Crippen LogP contribution in [0, 0.1) is 0 Å². The predicted molar refractivity (Wildman–Crippen MR) is 111 cm³/mol. The number of thioether (sulfide) groups is 1. The van der Waals surface area contributed by atoms with E-state index in [-0.39, 0.29) is 18.0 Å². The van der Waals surface area contributed by atoms with Gasteiger partial charge in [-0.05, 0) is 30.6 Å². The molecule has 0 spiro atoms. The molecular formula is C20H23F3N4O3S. The average Bonchev–Trinajstić information content (AvgIpc) is 3.27. The molecule has 0 bridgehead atoms. The third kappa shape index (κ3) is 8.83. The van der Waals surface area contributed by atoms with Crippen LogP contribution in [0.5, 0.6) is 0 Å². The summed E-state index contributed by atoms with van der Waals surface area (Å²) in [7, 11) is 0. The van der Waals surface area contributed by atoms with Crippen LogP contribution < -0.4 is 10.6 Å². The molecule has 0 saturated heterocycles. The topological polar surface area (TPSA) is 104 Å². The van der Waals surface area contributed by atoms with Gasteiger partial charge in [-0.2, -0.15) is 24.9 Å². The normalized spacial score (nSPS) is 12.2. The smallest absolute Gasteiger partial charge is 0.354 e. The number of carbonyl (C=O) groups is 3. The molecule has 1 heterocycles. The van der Waals surface area contributed by atoms with Gasteiger partial charge in [0.1, 0.15) is 6.04 Å². The number of rotatable bonds is 12. The highest BCUT2D eigenvalue weighted by Crippen LogP contribution is 2.19. The number of ketones is 1. The van der Waals surface area contributed by atoms with Gasteiger partial charge in [0.05, 0.1) is 5.75 Å². The van der Waals surface area contributed by atoms with Crippen LogP contribution >= 0.6 is 11.8 Å². The first-order valence-corrected chi connectivity index (χ1v) is 10.7. The Morgan fingerprint density at radius 1 is 1.16 bits per heavy atom. The number of halogens is 3. The van der Waals surface area contributed by atoms with Crippen LogP contribution in [0.1, 0.15) is 29.0 Å². The molecular weight excluding hydrogens is 433 g/mol. The summed E-state index contributed by atoms with van der Waals surface area (Å²) in [5.74, 6) is -3.13. The van der Waals surface area contributed by atoms with Crippen LogP contribution in [0.25, 0.3) is 0 Å². The second-order valence-corrected chi connectivity index (χ2v) is 7.71. The molecule has 2 rings (SSSR count). The molecule has 0 aliphatic carbocycles. The third-order valence-corrected chi connectivity index (χ3v) is 5.27. The number of aromatic amines is 1. The van der Waals surface area contributed by atoms with Crippen molar-refractivity contribution in [3.8, 4) is 0 Å². The van der Waals surface area contributed by atoms with Gasteiger partial charge in [0.15, 0.2) is 5.82 Å². The molecule has 0 saturated carbocycles. The van der Waals surface area contributed by atoms with Crippen LogP contribution in [0.15, 0.2) is 42.7 Å². The molecule has 1 aromatic heterocycles. The zero-order valence-corrected chi connectivity index (χ0v) is 17.4. The number of alkyl halides is 3. The molecule has 11 heteroatoms. The van der Waals surface area contributed by atoms with Crippen molar-refractivity contribution in [1.29, 1.82) is 0 Å². The van der Waals surface area contributed by atoms with E-state index in [1.807, 2.05) is 30.3 Å². The van der Waals surface area contributed by atoms with Gasteiger partial charge in [0.2, 0.25) is 11.7 Å². The fourth-order valence-electron chi connectivity index (χ4n) is 2.62. The Morgan fingerprint density at radius 3 is 2.55 bits per heavy atom. The Balaban J connectivity index is 1.84. The minimum absolute atomic E-state index is 0.0484. The van der Waals surface area contributed by atoms with Crippen molar-refractivity contribution in [2.24, 2.45) is 0 Å². The number of nitrogens with one attached hydrogen (secondary N) is 3. The van der Waals surface area contributed by atoms with Gasteiger partial charge in [-0.3, -0.25) is 14.4 Å². The van der Waals surface area contributed by atoms with Gasteiger partial charge < -0.3 is 15.6 Å². The van der Waals surface area contributed by atoms with Gasteiger partial charge >= 0.3 is 6.18 Å². The number of Topliss-reactive ketones (excluding diaryl/α,β-unsaturated/α-hetero) is 1. The average molecular weight is 456 g/mol. The Kier molecular flexibility index (Phi) is 9.57. The quantitative estimate of drug-likeness (QED) is 0.426. The second kappa shape index (κ2) is 12.1. The molecule has 0 radical (unpaired) electrons. The highest BCUT2D eigenvalue weighted by molar-refractivity contribution is 7.99. The maximum absolute atomic E-state index is 12.6. The largest absolute Gasteiger partial charge is 0.450 e. The van der Waals surface area contributed by atoms with Gasteiger partial charge in [-0.1, -0.05) is 30.3 Å². The Labute approximate surface area is 181 Å². The van der Waals surface area contributed by atoms with Gasteiger partial charge in [-0.25, -0.2) is 4.98 Å². The molecule has 31 heavy (non-hydrogen) atoms. The van der Waals surface area contributed by atoms with Crippen molar-refractivity contribution < 1.29 is 27.6 Å². The molecule has 0 fully saturated rings. The fourth-order valence-corrected chi connectivity index (χ4v) is 3.48. The summed E-state index contributed by atoms with van der Waals surface area (Å²) in [6, 6.07) is 8.66. The molecule has 7 nitrogen and oxygen atoms in total. The fraction of sp³-hybridized carbons (Fsp3) is 0.400. The van der Waals surface area contributed by atoms with E-state index in [0.29, 0.717) is 19.4 Å². The van der Waals surface area contributed by atoms with E-state index in [1.165, 1.54) is 12.4 Å². The van der Waals surface area contributed by atoms with E-state index in [0.717, 1.165) is 17.3 Å². The van der Waals surface area contributed by atoms with E-state index >= 15 is 0 Å². The Morgan fingerprint density at radius 2 is 1.90 bits per heavy atom. The minimum atomic E-state index is -4.84. The highest BCUT2D eigenvalue weighted by Gasteiger charge is 2.37. The van der Waals surface area contributed by atoms with Crippen molar-refractivity contribution in [3.05, 3.63) is 54.1 Å². The first-order chi connectivity index (χ1) is 14.8. The monoisotopic (exact) mass is 456 g/mol. The van der Waals surface area contributed by atoms with Crippen molar-refractivity contribution in [2.75, 3.05) is 18.1 Å². The summed E-state index contributed by atoms with van der Waals surface area (Å²) >= 11 is 0.841. The van der Waals surface area contributed by atoms with Crippen molar-refractivity contribution >= 4 is 29.4 Å². The predicted octanol–water partition coefficient (Wildman–Crippen LogP) is 2.51. The standard InChI is InChI=1S/C20H23F3N4O3S/c21-20(22,23)16(28)13-31-12-4-7-15(27-19(30)17-24-10-11-25-17)18(29)26-9-8-14-5-2-1-3-6-14/h1-3,5-6,10-11,15H,4,7-9,12-13H2,(H,24,25)(H,26,29)(H,27,30)/t15-/m0/s1. The maximum atomic E-state index is 12.6. The number of carbonyl (C=O) groups excluding carboxylic acids is 3. The lowest BCUT2D eigenvalue weighted by Crippen LogP contribution is -2.47. The number of hydrogen-bond acceptors (Lipinski definition) is 5. The first kappa shape index (κ1) is 24.4. The lowest BCUT2D eigenvalue weighted by atomic mass is 10.1. The zero-order valence-electron chi connectivity index (χ0n) is 16.6. The SMILES string of the molecule is O=C(N[C@@H](CCCSCC(=O)C(F)(F)F)C(=O)NCCc1ccccc1)c1ncc[nH]1. The number of imidazole rings is 1. The molecule has 0 aliphatic rings. The summed E-state index contributed by atoms with van der Waals surface area (Å²) in [4.78, 5) is 42.2. The molecule has 2 aromatic rings. The Hall–Kier alpha value is -2.82. The number of amides is 2.